The van der Waals surface area contributed by atoms with Gasteiger partial charge in [0.2, 0.25) is 0 Å². The van der Waals surface area contributed by atoms with Crippen LogP contribution in [0.15, 0.2) is 0 Å². The zero-order valence-electron chi connectivity index (χ0n) is 5.77. The van der Waals surface area contributed by atoms with Crippen molar-refractivity contribution in [2.75, 3.05) is 7.11 Å². The second kappa shape index (κ2) is 4.82. The van der Waals surface area contributed by atoms with E-state index in [-0.39, 0.29) is 0 Å². The van der Waals surface area contributed by atoms with E-state index < -0.39 is 20.6 Å². The van der Waals surface area contributed by atoms with E-state index in [1.807, 2.05) is 0 Å². The maximum Gasteiger partial charge on any atom is 0.318 e. The first kappa shape index (κ1) is 10.1. The Hall–Kier alpha value is 0.0700. The van der Waals surface area contributed by atoms with Crippen LogP contribution < -0.4 is 0 Å². The predicted octanol–water partition coefficient (Wildman–Crippen LogP) is -0.262. The van der Waals surface area contributed by atoms with Crippen molar-refractivity contribution < 1.29 is 23.8 Å². The smallest absolute Gasteiger partial charge is 0.318 e. The summed E-state index contributed by atoms with van der Waals surface area (Å²) in [6.45, 7) is 1.52. The molecule has 0 spiro atoms. The summed E-state index contributed by atoms with van der Waals surface area (Å²) < 4.78 is 18.7. The van der Waals surface area contributed by atoms with Gasteiger partial charge < -0.3 is 14.7 Å². The van der Waals surface area contributed by atoms with Crippen molar-refractivity contribution in [2.24, 2.45) is 0 Å². The lowest BCUT2D eigenvalue weighted by molar-refractivity contribution is -0.110. The molecule has 0 radical (unpaired) electrons. The van der Waals surface area contributed by atoms with E-state index in [1.54, 1.807) is 0 Å². The monoisotopic (exact) mass is 170 g/mol. The van der Waals surface area contributed by atoms with E-state index in [2.05, 4.69) is 9.26 Å². The summed E-state index contributed by atoms with van der Waals surface area (Å²) in [5.41, 5.74) is 0. The Morgan fingerprint density at radius 1 is 1.60 bits per heavy atom. The number of rotatable bonds is 4. The highest BCUT2D eigenvalue weighted by atomic mass is 31.1. The third kappa shape index (κ3) is 3.98. The average molecular weight is 170 g/mol. The Morgan fingerprint density at radius 2 is 2.10 bits per heavy atom. The fraction of sp³-hybridized carbons (Fsp3) is 1.00. The molecule has 6 heteroatoms. The van der Waals surface area contributed by atoms with Gasteiger partial charge in [-0.3, -0.25) is 9.09 Å². The van der Waals surface area contributed by atoms with Crippen molar-refractivity contribution in [1.82, 2.24) is 0 Å². The van der Waals surface area contributed by atoms with Gasteiger partial charge in [0.25, 0.3) is 0 Å². The molecule has 0 aliphatic rings. The lowest BCUT2D eigenvalue weighted by Crippen LogP contribution is -2.25. The number of hydrogen-bond donors (Lipinski definition) is 2. The fourth-order valence-corrected chi connectivity index (χ4v) is 0.714. The highest BCUT2D eigenvalue weighted by molar-refractivity contribution is 7.32. The van der Waals surface area contributed by atoms with Crippen molar-refractivity contribution in [3.8, 4) is 0 Å². The maximum atomic E-state index is 9.98. The third-order valence-electron chi connectivity index (χ3n) is 0.995. The molecular weight excluding hydrogens is 159 g/mol. The van der Waals surface area contributed by atoms with Crippen LogP contribution in [-0.2, 0) is 13.8 Å². The molecule has 0 aromatic heterocycles. The molecule has 3 unspecified atom stereocenters. The van der Waals surface area contributed by atoms with Crippen LogP contribution >= 0.6 is 8.25 Å². The van der Waals surface area contributed by atoms with Gasteiger partial charge in [0.05, 0.1) is 0 Å². The molecule has 0 fully saturated rings. The fourth-order valence-electron chi connectivity index (χ4n) is 0.316. The van der Waals surface area contributed by atoms with Gasteiger partial charge in [-0.25, -0.2) is 0 Å². The minimum atomic E-state index is -3.07. The van der Waals surface area contributed by atoms with Crippen LogP contribution in [0.4, 0.5) is 0 Å². The van der Waals surface area contributed by atoms with Crippen molar-refractivity contribution in [3.05, 3.63) is 0 Å². The van der Waals surface area contributed by atoms with Crippen LogP contribution in [0.1, 0.15) is 6.92 Å². The topological polar surface area (TPSA) is 76.0 Å². The van der Waals surface area contributed by atoms with Gasteiger partial charge in [-0.15, -0.1) is 0 Å². The van der Waals surface area contributed by atoms with E-state index in [4.69, 9.17) is 10.00 Å². The molecule has 10 heavy (non-hydrogen) atoms. The third-order valence-corrected chi connectivity index (χ3v) is 1.44. The zero-order valence-corrected chi connectivity index (χ0v) is 6.77. The summed E-state index contributed by atoms with van der Waals surface area (Å²) in [5.74, 6) is 0. The van der Waals surface area contributed by atoms with E-state index in [1.165, 1.54) is 14.0 Å². The van der Waals surface area contributed by atoms with Crippen LogP contribution in [0.5, 0.6) is 0 Å². The molecule has 2 N–H and O–H groups in total. The standard InChI is InChI=1S/C4H11O5P/c1-3(8-2)4(5)9-10(6)7/h3-5,10H,1-2H3,(H,6,7). The molecule has 0 aliphatic carbocycles. The molecule has 3 atom stereocenters. The van der Waals surface area contributed by atoms with Crippen molar-refractivity contribution in [1.29, 1.82) is 0 Å². The second-order valence-electron chi connectivity index (χ2n) is 1.72. The summed E-state index contributed by atoms with van der Waals surface area (Å²) in [5, 5.41) is 8.81. The zero-order chi connectivity index (χ0) is 8.15. The van der Waals surface area contributed by atoms with E-state index in [0.717, 1.165) is 0 Å². The molecule has 0 amide bonds. The molecule has 0 saturated heterocycles. The lowest BCUT2D eigenvalue weighted by Gasteiger charge is -2.15. The van der Waals surface area contributed by atoms with Gasteiger partial charge >= 0.3 is 8.25 Å². The largest absolute Gasteiger partial charge is 0.376 e. The Kier molecular flexibility index (Phi) is 4.85. The number of aliphatic hydroxyl groups is 1. The van der Waals surface area contributed by atoms with Crippen molar-refractivity contribution >= 4 is 8.25 Å². The van der Waals surface area contributed by atoms with Crippen LogP contribution in [0, 0.1) is 0 Å². The van der Waals surface area contributed by atoms with Crippen molar-refractivity contribution in [3.63, 3.8) is 0 Å². The lowest BCUT2D eigenvalue weighted by atomic mass is 10.4. The van der Waals surface area contributed by atoms with Gasteiger partial charge in [-0.1, -0.05) is 0 Å². The first-order valence-corrected chi connectivity index (χ1v) is 3.94. The average Bonchev–Trinajstić information content (AvgIpc) is 1.85. The van der Waals surface area contributed by atoms with Gasteiger partial charge in [-0.2, -0.15) is 0 Å². The summed E-state index contributed by atoms with van der Waals surface area (Å²) in [6, 6.07) is 0. The molecule has 0 aromatic carbocycles. The first-order valence-electron chi connectivity index (χ1n) is 2.68. The second-order valence-corrected chi connectivity index (χ2v) is 2.48. The molecule has 0 bridgehead atoms. The van der Waals surface area contributed by atoms with E-state index in [9.17, 15) is 4.57 Å². The number of methoxy groups -OCH3 is 1. The molecule has 0 heterocycles. The maximum absolute atomic E-state index is 9.98. The number of ether oxygens (including phenoxy) is 1. The summed E-state index contributed by atoms with van der Waals surface area (Å²) in [6.07, 6.45) is -1.93. The van der Waals surface area contributed by atoms with Gasteiger partial charge in [0, 0.05) is 7.11 Å². The SMILES string of the molecule is COC(C)C(O)O[PH](=O)O. The van der Waals surface area contributed by atoms with Gasteiger partial charge in [-0.05, 0) is 6.92 Å². The Labute approximate surface area is 59.5 Å². The van der Waals surface area contributed by atoms with Crippen LogP contribution in [0.2, 0.25) is 0 Å². The van der Waals surface area contributed by atoms with Crippen molar-refractivity contribution in [2.45, 2.75) is 19.3 Å². The quantitative estimate of drug-likeness (QED) is 0.449. The molecule has 62 valence electrons. The number of aliphatic hydroxyl groups excluding tert-OH is 1. The van der Waals surface area contributed by atoms with Crippen LogP contribution in [-0.4, -0.2) is 29.5 Å². The number of hydrogen-bond acceptors (Lipinski definition) is 4. The minimum absolute atomic E-state index is 0.596. The summed E-state index contributed by atoms with van der Waals surface area (Å²) >= 11 is 0. The molecule has 5 nitrogen and oxygen atoms in total. The Balaban J connectivity index is 3.61. The molecule has 0 aliphatic heterocycles. The summed E-state index contributed by atoms with van der Waals surface area (Å²) in [7, 11) is -1.70. The minimum Gasteiger partial charge on any atom is -0.376 e. The normalized spacial score (nSPS) is 20.0. The van der Waals surface area contributed by atoms with E-state index in [0.29, 0.717) is 0 Å². The van der Waals surface area contributed by atoms with Crippen LogP contribution in [0.3, 0.4) is 0 Å². The highest BCUT2D eigenvalue weighted by Gasteiger charge is 2.14. The Bertz CT molecular complexity index is 116. The molecule has 0 saturated carbocycles. The van der Waals surface area contributed by atoms with Crippen LogP contribution in [0.25, 0.3) is 0 Å². The van der Waals surface area contributed by atoms with Gasteiger partial charge in [0.15, 0.2) is 6.29 Å². The molecule has 0 aromatic rings. The first-order chi connectivity index (χ1) is 4.57. The van der Waals surface area contributed by atoms with Gasteiger partial charge in [0.1, 0.15) is 6.10 Å². The van der Waals surface area contributed by atoms with E-state index >= 15 is 0 Å². The molecule has 0 rings (SSSR count). The Morgan fingerprint density at radius 3 is 2.40 bits per heavy atom. The highest BCUT2D eigenvalue weighted by Crippen LogP contribution is 2.18. The molecular formula is C4H11O5P. The summed E-state index contributed by atoms with van der Waals surface area (Å²) in [4.78, 5) is 8.18. The predicted molar refractivity (Wildman–Crippen MR) is 34.8 cm³/mol.